The Kier molecular flexibility index (Phi) is 5.26. The molecule has 0 bridgehead atoms. The SMILES string of the molecule is CS(=O)(=O)c1ccc(COC[C@H]2C[C@@H]2C2CCN(Cl)CC2)nc1. The largest absolute Gasteiger partial charge is 0.375 e. The van der Waals surface area contributed by atoms with E-state index in [2.05, 4.69) is 4.98 Å². The molecule has 2 aliphatic rings. The first kappa shape index (κ1) is 17.1. The van der Waals surface area contributed by atoms with Gasteiger partial charge in [-0.1, -0.05) is 0 Å². The van der Waals surface area contributed by atoms with E-state index in [-0.39, 0.29) is 4.90 Å². The maximum Gasteiger partial charge on any atom is 0.177 e. The van der Waals surface area contributed by atoms with Gasteiger partial charge in [-0.3, -0.25) is 4.98 Å². The third-order valence-electron chi connectivity index (χ3n) is 4.88. The van der Waals surface area contributed by atoms with Crippen molar-refractivity contribution in [3.8, 4) is 0 Å². The minimum atomic E-state index is -3.18. The lowest BCUT2D eigenvalue weighted by molar-refractivity contribution is 0.100. The third kappa shape index (κ3) is 4.66. The fourth-order valence-electron chi connectivity index (χ4n) is 3.37. The number of hydrogen-bond acceptors (Lipinski definition) is 5. The van der Waals surface area contributed by atoms with E-state index in [1.54, 1.807) is 12.1 Å². The third-order valence-corrected chi connectivity index (χ3v) is 6.31. The number of hydrogen-bond donors (Lipinski definition) is 0. The molecule has 2 fully saturated rings. The number of sulfone groups is 1. The molecule has 1 saturated heterocycles. The molecule has 1 aliphatic carbocycles. The average molecular weight is 359 g/mol. The van der Waals surface area contributed by atoms with Crippen LogP contribution in [0.3, 0.4) is 0 Å². The summed E-state index contributed by atoms with van der Waals surface area (Å²) in [6.45, 7) is 3.19. The summed E-state index contributed by atoms with van der Waals surface area (Å²) in [5.74, 6) is 2.25. The first-order valence-electron chi connectivity index (χ1n) is 8.07. The van der Waals surface area contributed by atoms with E-state index < -0.39 is 9.84 Å². The molecule has 23 heavy (non-hydrogen) atoms. The molecule has 2 atom stereocenters. The predicted molar refractivity (Wildman–Crippen MR) is 88.7 cm³/mol. The lowest BCUT2D eigenvalue weighted by Gasteiger charge is -2.27. The summed E-state index contributed by atoms with van der Waals surface area (Å²) in [6, 6.07) is 3.30. The highest BCUT2D eigenvalue weighted by Gasteiger charge is 2.43. The van der Waals surface area contributed by atoms with Crippen molar-refractivity contribution in [2.45, 2.75) is 30.8 Å². The molecular weight excluding hydrogens is 336 g/mol. The number of halogens is 1. The number of nitrogens with zero attached hydrogens (tertiary/aromatic N) is 2. The molecule has 0 aromatic carbocycles. The minimum Gasteiger partial charge on any atom is -0.375 e. The molecule has 0 spiro atoms. The molecule has 5 nitrogen and oxygen atoms in total. The molecule has 0 amide bonds. The molecule has 0 unspecified atom stereocenters. The Hall–Kier alpha value is -0.690. The van der Waals surface area contributed by atoms with Gasteiger partial charge < -0.3 is 4.74 Å². The molecule has 1 aliphatic heterocycles. The van der Waals surface area contributed by atoms with Gasteiger partial charge >= 0.3 is 0 Å². The predicted octanol–water partition coefficient (Wildman–Crippen LogP) is 2.50. The second-order valence-electron chi connectivity index (χ2n) is 6.68. The van der Waals surface area contributed by atoms with Gasteiger partial charge in [0.1, 0.15) is 0 Å². The summed E-state index contributed by atoms with van der Waals surface area (Å²) in [7, 11) is -3.18. The summed E-state index contributed by atoms with van der Waals surface area (Å²) in [5.41, 5.74) is 0.769. The van der Waals surface area contributed by atoms with Crippen LogP contribution in [0.5, 0.6) is 0 Å². The molecule has 1 saturated carbocycles. The molecule has 128 valence electrons. The molecule has 1 aromatic heterocycles. The van der Waals surface area contributed by atoms with Crippen molar-refractivity contribution >= 4 is 21.6 Å². The van der Waals surface area contributed by atoms with Crippen LogP contribution in [0.25, 0.3) is 0 Å². The standard InChI is InChI=1S/C16H23ClN2O3S/c1-23(20,21)15-3-2-14(18-9-15)11-22-10-13-8-16(13)12-4-6-19(17)7-5-12/h2-3,9,12-13,16H,4-8,10-11H2,1H3/t13-,16-/m1/s1. The molecule has 0 radical (unpaired) electrons. The number of ether oxygens (including phenoxy) is 1. The first-order valence-corrected chi connectivity index (χ1v) is 10.3. The van der Waals surface area contributed by atoms with E-state index >= 15 is 0 Å². The Morgan fingerprint density at radius 3 is 2.70 bits per heavy atom. The summed E-state index contributed by atoms with van der Waals surface area (Å²) < 4.78 is 30.4. The van der Waals surface area contributed by atoms with Gasteiger partial charge in [-0.05, 0) is 60.9 Å². The molecular formula is C16H23ClN2O3S. The maximum absolute atomic E-state index is 11.4. The summed E-state index contributed by atoms with van der Waals surface area (Å²) in [6.07, 6.45) is 6.22. The van der Waals surface area contributed by atoms with Crippen LogP contribution in [-0.4, -0.2) is 43.8 Å². The lowest BCUT2D eigenvalue weighted by Crippen LogP contribution is -2.27. The molecule has 0 N–H and O–H groups in total. The Balaban J connectivity index is 1.39. The Bertz CT molecular complexity index is 627. The highest BCUT2D eigenvalue weighted by molar-refractivity contribution is 7.90. The van der Waals surface area contributed by atoms with Crippen molar-refractivity contribution in [2.75, 3.05) is 26.0 Å². The number of rotatable bonds is 6. The van der Waals surface area contributed by atoms with Gasteiger partial charge in [-0.25, -0.2) is 12.8 Å². The van der Waals surface area contributed by atoms with Gasteiger partial charge in [0.15, 0.2) is 9.84 Å². The van der Waals surface area contributed by atoms with Gasteiger partial charge in [0.25, 0.3) is 0 Å². The number of aromatic nitrogens is 1. The van der Waals surface area contributed by atoms with Crippen LogP contribution < -0.4 is 0 Å². The van der Waals surface area contributed by atoms with Crippen LogP contribution in [0.2, 0.25) is 0 Å². The Labute approximate surface area is 143 Å². The normalized spacial score (nSPS) is 26.3. The number of pyridine rings is 1. The average Bonchev–Trinajstić information content (AvgIpc) is 3.27. The van der Waals surface area contributed by atoms with Crippen LogP contribution in [0.15, 0.2) is 23.2 Å². The Morgan fingerprint density at radius 2 is 2.09 bits per heavy atom. The van der Waals surface area contributed by atoms with Crippen LogP contribution >= 0.6 is 11.8 Å². The molecule has 7 heteroatoms. The first-order chi connectivity index (χ1) is 10.9. The van der Waals surface area contributed by atoms with E-state index in [4.69, 9.17) is 16.5 Å². The molecule has 1 aromatic rings. The van der Waals surface area contributed by atoms with Gasteiger partial charge in [0, 0.05) is 25.5 Å². The zero-order valence-corrected chi connectivity index (χ0v) is 14.9. The zero-order valence-electron chi connectivity index (χ0n) is 13.3. The van der Waals surface area contributed by atoms with Crippen molar-refractivity contribution in [3.63, 3.8) is 0 Å². The van der Waals surface area contributed by atoms with E-state index in [0.717, 1.165) is 37.2 Å². The summed E-state index contributed by atoms with van der Waals surface area (Å²) >= 11 is 6.00. The van der Waals surface area contributed by atoms with Crippen LogP contribution in [0.4, 0.5) is 0 Å². The minimum absolute atomic E-state index is 0.245. The van der Waals surface area contributed by atoms with Crippen molar-refractivity contribution in [1.82, 2.24) is 9.40 Å². The van der Waals surface area contributed by atoms with E-state index in [1.165, 1.54) is 31.7 Å². The second kappa shape index (κ2) is 7.05. The van der Waals surface area contributed by atoms with Crippen molar-refractivity contribution < 1.29 is 13.2 Å². The van der Waals surface area contributed by atoms with Crippen LogP contribution in [-0.2, 0) is 21.2 Å². The molecule has 3 rings (SSSR count). The van der Waals surface area contributed by atoms with Gasteiger partial charge in [-0.15, -0.1) is 0 Å². The van der Waals surface area contributed by atoms with Crippen molar-refractivity contribution in [3.05, 3.63) is 24.0 Å². The van der Waals surface area contributed by atoms with E-state index in [1.807, 2.05) is 4.42 Å². The fourth-order valence-corrected chi connectivity index (χ4v) is 4.12. The quantitative estimate of drug-likeness (QED) is 0.731. The topological polar surface area (TPSA) is 59.5 Å². The highest BCUT2D eigenvalue weighted by Crippen LogP contribution is 2.48. The van der Waals surface area contributed by atoms with Crippen LogP contribution in [0.1, 0.15) is 25.0 Å². The number of piperidine rings is 1. The van der Waals surface area contributed by atoms with Crippen LogP contribution in [0, 0.1) is 17.8 Å². The highest BCUT2D eigenvalue weighted by atomic mass is 35.5. The smallest absolute Gasteiger partial charge is 0.177 e. The second-order valence-corrected chi connectivity index (χ2v) is 9.17. The molecule has 2 heterocycles. The monoisotopic (exact) mass is 358 g/mol. The van der Waals surface area contributed by atoms with Crippen molar-refractivity contribution in [2.24, 2.45) is 17.8 Å². The maximum atomic E-state index is 11.4. The summed E-state index contributed by atoms with van der Waals surface area (Å²) in [5, 5.41) is 0. The van der Waals surface area contributed by atoms with Crippen molar-refractivity contribution in [1.29, 1.82) is 0 Å². The van der Waals surface area contributed by atoms with Gasteiger partial charge in [0.2, 0.25) is 0 Å². The van der Waals surface area contributed by atoms with E-state index in [9.17, 15) is 8.42 Å². The van der Waals surface area contributed by atoms with Gasteiger partial charge in [-0.2, -0.15) is 0 Å². The fraction of sp³-hybridized carbons (Fsp3) is 0.688. The lowest BCUT2D eigenvalue weighted by atomic mass is 9.92. The zero-order chi connectivity index (χ0) is 16.4. The Morgan fingerprint density at radius 1 is 1.35 bits per heavy atom. The van der Waals surface area contributed by atoms with E-state index in [0.29, 0.717) is 12.5 Å². The van der Waals surface area contributed by atoms with Gasteiger partial charge in [0.05, 0.1) is 23.8 Å². The summed E-state index contributed by atoms with van der Waals surface area (Å²) in [4.78, 5) is 4.40.